The summed E-state index contributed by atoms with van der Waals surface area (Å²) in [6, 6.07) is 0. The molecule has 0 aromatic rings. The molecule has 1 unspecified atom stereocenters. The molecule has 2 nitrogen and oxygen atoms in total. The Morgan fingerprint density at radius 2 is 1.57 bits per heavy atom. The van der Waals surface area contributed by atoms with Gasteiger partial charge in [0.2, 0.25) is 0 Å². The Balaban J connectivity index is 4.62. The van der Waals surface area contributed by atoms with Gasteiger partial charge in [0, 0.05) is 12.6 Å². The molecular formula is C11H23ClN2. The summed E-state index contributed by atoms with van der Waals surface area (Å²) in [6.45, 7) is 12.6. The molecule has 0 radical (unpaired) electrons. The molecule has 0 bridgehead atoms. The first kappa shape index (κ1) is 13.8. The molecule has 0 aliphatic rings. The van der Waals surface area contributed by atoms with E-state index in [1.54, 1.807) is 7.05 Å². The molecule has 0 saturated carbocycles. The number of amidine groups is 1. The molecule has 14 heavy (non-hydrogen) atoms. The molecule has 0 aliphatic heterocycles. The van der Waals surface area contributed by atoms with Crippen molar-refractivity contribution < 1.29 is 0 Å². The van der Waals surface area contributed by atoms with Crippen LogP contribution >= 0.6 is 11.6 Å². The van der Waals surface area contributed by atoms with Gasteiger partial charge in [0.1, 0.15) is 5.84 Å². The lowest BCUT2D eigenvalue weighted by Crippen LogP contribution is -2.47. The molecule has 0 heterocycles. The van der Waals surface area contributed by atoms with E-state index in [9.17, 15) is 0 Å². The van der Waals surface area contributed by atoms with Crippen molar-refractivity contribution in [1.29, 1.82) is 0 Å². The van der Waals surface area contributed by atoms with Crippen molar-refractivity contribution in [3.8, 4) is 0 Å². The summed E-state index contributed by atoms with van der Waals surface area (Å²) < 4.78 is 0. The summed E-state index contributed by atoms with van der Waals surface area (Å²) >= 11 is 6.34. The van der Waals surface area contributed by atoms with Crippen LogP contribution in [0.5, 0.6) is 0 Å². The van der Waals surface area contributed by atoms with Crippen LogP contribution in [0.3, 0.4) is 0 Å². The van der Waals surface area contributed by atoms with Crippen LogP contribution in [0.25, 0.3) is 0 Å². The molecule has 84 valence electrons. The number of rotatable bonds is 1. The summed E-state index contributed by atoms with van der Waals surface area (Å²) in [5, 5.41) is 3.25. The topological polar surface area (TPSA) is 24.4 Å². The van der Waals surface area contributed by atoms with Gasteiger partial charge in [0.25, 0.3) is 0 Å². The van der Waals surface area contributed by atoms with Gasteiger partial charge in [0.15, 0.2) is 0 Å². The fourth-order valence-corrected chi connectivity index (χ4v) is 1.18. The fraction of sp³-hybridized carbons (Fsp3) is 0.909. The van der Waals surface area contributed by atoms with Crippen molar-refractivity contribution in [1.82, 2.24) is 5.32 Å². The fourth-order valence-electron chi connectivity index (χ4n) is 1.03. The normalized spacial score (nSPS) is 16.7. The van der Waals surface area contributed by atoms with E-state index in [-0.39, 0.29) is 16.3 Å². The highest BCUT2D eigenvalue weighted by molar-refractivity contribution is 6.32. The molecule has 0 spiro atoms. The Labute approximate surface area is 93.1 Å². The maximum atomic E-state index is 6.34. The Kier molecular flexibility index (Phi) is 4.44. The highest BCUT2D eigenvalue weighted by Crippen LogP contribution is 2.25. The van der Waals surface area contributed by atoms with Crippen LogP contribution in [-0.2, 0) is 0 Å². The zero-order valence-corrected chi connectivity index (χ0v) is 11.2. The van der Waals surface area contributed by atoms with Gasteiger partial charge in [-0.25, -0.2) is 0 Å². The average molecular weight is 219 g/mol. The maximum Gasteiger partial charge on any atom is 0.115 e. The lowest BCUT2D eigenvalue weighted by Gasteiger charge is -2.31. The van der Waals surface area contributed by atoms with Crippen molar-refractivity contribution in [3.05, 3.63) is 0 Å². The molecule has 1 atom stereocenters. The number of aliphatic imine (C=N–C) groups is 1. The predicted octanol–water partition coefficient (Wildman–Crippen LogP) is 3.06. The van der Waals surface area contributed by atoms with Crippen molar-refractivity contribution in [2.75, 3.05) is 7.05 Å². The number of alkyl halides is 1. The van der Waals surface area contributed by atoms with Crippen molar-refractivity contribution in [2.24, 2.45) is 10.4 Å². The second-order valence-electron chi connectivity index (χ2n) is 5.71. The third-order valence-electron chi connectivity index (χ3n) is 1.74. The van der Waals surface area contributed by atoms with Gasteiger partial charge in [0.05, 0.1) is 5.38 Å². The molecule has 3 heteroatoms. The largest absolute Gasteiger partial charge is 0.368 e. The van der Waals surface area contributed by atoms with Gasteiger partial charge in [-0.05, 0) is 26.2 Å². The number of nitrogens with zero attached hydrogens (tertiary/aromatic N) is 1. The summed E-state index contributed by atoms with van der Waals surface area (Å²) in [5.74, 6) is 0.867. The minimum absolute atomic E-state index is 0.00718. The monoisotopic (exact) mass is 218 g/mol. The zero-order valence-electron chi connectivity index (χ0n) is 10.4. The van der Waals surface area contributed by atoms with Gasteiger partial charge in [-0.15, -0.1) is 11.6 Å². The highest BCUT2D eigenvalue weighted by atomic mass is 35.5. The standard InChI is InChI=1S/C11H23ClN2/c1-10(2,3)8(12)9(13-7)14-11(4,5)6/h8H,1-7H3,(H,13,14). The quantitative estimate of drug-likeness (QED) is 0.408. The van der Waals surface area contributed by atoms with Gasteiger partial charge in [-0.1, -0.05) is 20.8 Å². The first-order valence-corrected chi connectivity index (χ1v) is 5.40. The first-order chi connectivity index (χ1) is 6.08. The van der Waals surface area contributed by atoms with E-state index in [4.69, 9.17) is 11.6 Å². The predicted molar refractivity (Wildman–Crippen MR) is 65.3 cm³/mol. The minimum atomic E-state index is -0.0771. The summed E-state index contributed by atoms with van der Waals surface area (Å²) in [5.41, 5.74) is 0.0296. The van der Waals surface area contributed by atoms with E-state index < -0.39 is 0 Å². The van der Waals surface area contributed by atoms with Crippen LogP contribution in [0.2, 0.25) is 0 Å². The average Bonchev–Trinajstić information content (AvgIpc) is 1.95. The Hall–Kier alpha value is -0.240. The highest BCUT2D eigenvalue weighted by Gasteiger charge is 2.28. The van der Waals surface area contributed by atoms with Gasteiger partial charge in [-0.3, -0.25) is 4.99 Å². The van der Waals surface area contributed by atoms with Crippen molar-refractivity contribution in [2.45, 2.75) is 52.5 Å². The number of hydrogen-bond acceptors (Lipinski definition) is 1. The SMILES string of the molecule is CN=C(NC(C)(C)C)C(Cl)C(C)(C)C. The molecule has 0 fully saturated rings. The number of halogens is 1. The van der Waals surface area contributed by atoms with E-state index in [2.05, 4.69) is 51.9 Å². The van der Waals surface area contributed by atoms with E-state index in [0.29, 0.717) is 0 Å². The second kappa shape index (κ2) is 4.52. The Morgan fingerprint density at radius 1 is 1.14 bits per heavy atom. The van der Waals surface area contributed by atoms with Crippen LogP contribution in [0.15, 0.2) is 4.99 Å². The molecule has 1 N–H and O–H groups in total. The smallest absolute Gasteiger partial charge is 0.115 e. The van der Waals surface area contributed by atoms with Crippen LogP contribution in [0.1, 0.15) is 41.5 Å². The first-order valence-electron chi connectivity index (χ1n) is 4.97. The summed E-state index contributed by atoms with van der Waals surface area (Å²) in [6.07, 6.45) is 0. The van der Waals surface area contributed by atoms with Crippen LogP contribution in [0, 0.1) is 5.41 Å². The van der Waals surface area contributed by atoms with Gasteiger partial charge < -0.3 is 5.32 Å². The van der Waals surface area contributed by atoms with E-state index in [1.165, 1.54) is 0 Å². The second-order valence-corrected chi connectivity index (χ2v) is 6.15. The lowest BCUT2D eigenvalue weighted by molar-refractivity contribution is 0.422. The summed E-state index contributed by atoms with van der Waals surface area (Å²) in [4.78, 5) is 4.21. The number of nitrogens with one attached hydrogen (secondary N) is 1. The van der Waals surface area contributed by atoms with Gasteiger partial charge >= 0.3 is 0 Å². The number of hydrogen-bond donors (Lipinski definition) is 1. The molecule has 0 amide bonds. The summed E-state index contributed by atoms with van der Waals surface area (Å²) in [7, 11) is 1.77. The van der Waals surface area contributed by atoms with E-state index in [0.717, 1.165) is 5.84 Å². The molecule has 0 aromatic heterocycles. The maximum absolute atomic E-state index is 6.34. The van der Waals surface area contributed by atoms with Crippen LogP contribution in [-0.4, -0.2) is 23.8 Å². The van der Waals surface area contributed by atoms with Crippen molar-refractivity contribution >= 4 is 17.4 Å². The molecule has 0 rings (SSSR count). The van der Waals surface area contributed by atoms with E-state index >= 15 is 0 Å². The lowest BCUT2D eigenvalue weighted by atomic mass is 9.90. The minimum Gasteiger partial charge on any atom is -0.368 e. The molecule has 0 saturated heterocycles. The van der Waals surface area contributed by atoms with Crippen LogP contribution < -0.4 is 5.32 Å². The third-order valence-corrected chi connectivity index (χ3v) is 2.61. The van der Waals surface area contributed by atoms with Crippen LogP contribution in [0.4, 0.5) is 0 Å². The Morgan fingerprint density at radius 3 is 1.79 bits per heavy atom. The molecular weight excluding hydrogens is 196 g/mol. The van der Waals surface area contributed by atoms with E-state index in [1.807, 2.05) is 0 Å². The zero-order chi connectivity index (χ0) is 11.6. The van der Waals surface area contributed by atoms with Crippen molar-refractivity contribution in [3.63, 3.8) is 0 Å². The Bertz CT molecular complexity index is 208. The van der Waals surface area contributed by atoms with Gasteiger partial charge in [-0.2, -0.15) is 0 Å². The molecule has 0 aromatic carbocycles. The molecule has 0 aliphatic carbocycles. The third kappa shape index (κ3) is 4.85.